The number of aromatic nitrogens is 2. The van der Waals surface area contributed by atoms with E-state index in [0.29, 0.717) is 11.0 Å². The molecule has 0 unspecified atom stereocenters. The molecule has 0 spiro atoms. The van der Waals surface area contributed by atoms with Crippen molar-refractivity contribution in [1.82, 2.24) is 10.2 Å². The number of carbonyl (C=O) groups is 1. The van der Waals surface area contributed by atoms with E-state index >= 15 is 0 Å². The molecule has 3 rings (SSSR count). The fraction of sp³-hybridized carbons (Fsp3) is 0.308. The number of benzene rings is 1. The Bertz CT molecular complexity index is 625. The molecule has 104 valence electrons. The highest BCUT2D eigenvalue weighted by molar-refractivity contribution is 7.15. The number of hydrogen-bond acceptors (Lipinski definition) is 6. The van der Waals surface area contributed by atoms with E-state index in [1.807, 2.05) is 0 Å². The average molecular weight is 291 g/mol. The Balaban J connectivity index is 1.52. The van der Waals surface area contributed by atoms with E-state index < -0.39 is 0 Å². The Labute approximate surface area is 119 Å². The smallest absolute Gasteiger partial charge is 0.264 e. The molecule has 0 radical (unpaired) electrons. The Morgan fingerprint density at radius 3 is 2.95 bits per heavy atom. The lowest BCUT2D eigenvalue weighted by molar-refractivity contribution is -0.118. The molecule has 1 aliphatic rings. The van der Waals surface area contributed by atoms with Crippen LogP contribution in [0.3, 0.4) is 0 Å². The van der Waals surface area contributed by atoms with Crippen LogP contribution in [0.2, 0.25) is 0 Å². The van der Waals surface area contributed by atoms with Crippen LogP contribution in [-0.2, 0) is 4.79 Å². The molecule has 1 aromatic carbocycles. The highest BCUT2D eigenvalue weighted by atomic mass is 32.1. The minimum Gasteiger partial charge on any atom is -0.504 e. The molecule has 1 aliphatic carbocycles. The van der Waals surface area contributed by atoms with E-state index in [9.17, 15) is 9.90 Å². The van der Waals surface area contributed by atoms with E-state index in [-0.39, 0.29) is 24.0 Å². The molecule has 2 aromatic rings. The van der Waals surface area contributed by atoms with Crippen molar-refractivity contribution in [1.29, 1.82) is 0 Å². The Morgan fingerprint density at radius 2 is 2.20 bits per heavy atom. The fourth-order valence-corrected chi connectivity index (χ4v) is 2.59. The molecule has 0 aliphatic heterocycles. The van der Waals surface area contributed by atoms with Crippen LogP contribution in [0.4, 0.5) is 5.13 Å². The van der Waals surface area contributed by atoms with Gasteiger partial charge in [-0.2, -0.15) is 0 Å². The summed E-state index contributed by atoms with van der Waals surface area (Å²) in [4.78, 5) is 11.7. The van der Waals surface area contributed by atoms with Crippen LogP contribution < -0.4 is 10.1 Å². The highest BCUT2D eigenvalue weighted by Crippen LogP contribution is 2.42. The number of phenols is 1. The third kappa shape index (κ3) is 3.05. The molecule has 1 saturated carbocycles. The van der Waals surface area contributed by atoms with Gasteiger partial charge in [0.05, 0.1) is 0 Å². The molecule has 2 N–H and O–H groups in total. The summed E-state index contributed by atoms with van der Waals surface area (Å²) in [6, 6.07) is 6.50. The molecule has 0 bridgehead atoms. The van der Waals surface area contributed by atoms with Crippen LogP contribution >= 0.6 is 11.3 Å². The van der Waals surface area contributed by atoms with Crippen LogP contribution in [0.25, 0.3) is 0 Å². The van der Waals surface area contributed by atoms with E-state index in [0.717, 1.165) is 17.8 Å². The van der Waals surface area contributed by atoms with Gasteiger partial charge in [-0.1, -0.05) is 23.5 Å². The number of carbonyl (C=O) groups excluding carboxylic acids is 1. The van der Waals surface area contributed by atoms with Crippen molar-refractivity contribution in [2.45, 2.75) is 18.8 Å². The molecule has 7 heteroatoms. The van der Waals surface area contributed by atoms with Gasteiger partial charge in [0, 0.05) is 5.92 Å². The average Bonchev–Trinajstić information content (AvgIpc) is 3.19. The Hall–Kier alpha value is -2.15. The first kappa shape index (κ1) is 12.9. The van der Waals surface area contributed by atoms with E-state index in [4.69, 9.17) is 4.74 Å². The molecule has 20 heavy (non-hydrogen) atoms. The van der Waals surface area contributed by atoms with Crippen LogP contribution in [0.15, 0.2) is 24.3 Å². The second kappa shape index (κ2) is 5.46. The first-order chi connectivity index (χ1) is 9.72. The van der Waals surface area contributed by atoms with Gasteiger partial charge in [0.15, 0.2) is 18.1 Å². The summed E-state index contributed by atoms with van der Waals surface area (Å²) in [7, 11) is 0. The van der Waals surface area contributed by atoms with Crippen LogP contribution in [0, 0.1) is 0 Å². The second-order valence-electron chi connectivity index (χ2n) is 4.52. The minimum atomic E-state index is -0.327. The number of anilines is 1. The van der Waals surface area contributed by atoms with Crippen molar-refractivity contribution in [3.8, 4) is 11.5 Å². The molecular formula is C13H13N3O3S. The number of nitrogens with one attached hydrogen (secondary N) is 1. The molecule has 6 nitrogen and oxygen atoms in total. The maximum Gasteiger partial charge on any atom is 0.264 e. The normalized spacial score (nSPS) is 14.0. The van der Waals surface area contributed by atoms with Gasteiger partial charge in [0.25, 0.3) is 5.91 Å². The van der Waals surface area contributed by atoms with Gasteiger partial charge in [0.2, 0.25) is 5.13 Å². The highest BCUT2D eigenvalue weighted by Gasteiger charge is 2.27. The topological polar surface area (TPSA) is 84.3 Å². The van der Waals surface area contributed by atoms with Crippen molar-refractivity contribution in [2.24, 2.45) is 0 Å². The molecule has 0 saturated heterocycles. The van der Waals surface area contributed by atoms with Crippen molar-refractivity contribution in [2.75, 3.05) is 11.9 Å². The van der Waals surface area contributed by atoms with E-state index in [1.165, 1.54) is 17.4 Å². The number of phenolic OH excluding ortho intramolecular Hbond substituents is 1. The van der Waals surface area contributed by atoms with Crippen LogP contribution in [-0.4, -0.2) is 27.8 Å². The SMILES string of the molecule is O=C(COc1ccccc1O)Nc1nnc(C2CC2)s1. The zero-order chi connectivity index (χ0) is 13.9. The number of rotatable bonds is 5. The van der Waals surface area contributed by atoms with Crippen molar-refractivity contribution < 1.29 is 14.6 Å². The van der Waals surface area contributed by atoms with Gasteiger partial charge in [-0.05, 0) is 25.0 Å². The number of aromatic hydroxyl groups is 1. The summed E-state index contributed by atoms with van der Waals surface area (Å²) in [6.07, 6.45) is 2.30. The summed E-state index contributed by atoms with van der Waals surface area (Å²) in [5, 5.41) is 21.6. The summed E-state index contributed by atoms with van der Waals surface area (Å²) in [6.45, 7) is -0.185. The lowest BCUT2D eigenvalue weighted by Gasteiger charge is -2.06. The molecule has 1 fully saturated rings. The largest absolute Gasteiger partial charge is 0.504 e. The van der Waals surface area contributed by atoms with Crippen molar-refractivity contribution in [3.05, 3.63) is 29.3 Å². The second-order valence-corrected chi connectivity index (χ2v) is 5.53. The van der Waals surface area contributed by atoms with Gasteiger partial charge < -0.3 is 9.84 Å². The summed E-state index contributed by atoms with van der Waals surface area (Å²) >= 11 is 1.40. The quantitative estimate of drug-likeness (QED) is 0.881. The molecule has 1 amide bonds. The van der Waals surface area contributed by atoms with Gasteiger partial charge in [-0.3, -0.25) is 10.1 Å². The van der Waals surface area contributed by atoms with Gasteiger partial charge in [-0.15, -0.1) is 10.2 Å². The predicted octanol–water partition coefficient (Wildman–Crippen LogP) is 2.14. The monoisotopic (exact) mass is 291 g/mol. The Kier molecular flexibility index (Phi) is 3.51. The number of hydrogen-bond donors (Lipinski definition) is 2. The number of amides is 1. The maximum absolute atomic E-state index is 11.7. The van der Waals surface area contributed by atoms with Gasteiger partial charge >= 0.3 is 0 Å². The maximum atomic E-state index is 11.7. The lowest BCUT2D eigenvalue weighted by Crippen LogP contribution is -2.20. The van der Waals surface area contributed by atoms with Crippen LogP contribution in [0.1, 0.15) is 23.8 Å². The third-order valence-electron chi connectivity index (χ3n) is 2.84. The Morgan fingerprint density at radius 1 is 1.40 bits per heavy atom. The van der Waals surface area contributed by atoms with Gasteiger partial charge in [0.1, 0.15) is 5.01 Å². The molecule has 0 atom stereocenters. The van der Waals surface area contributed by atoms with E-state index in [2.05, 4.69) is 15.5 Å². The lowest BCUT2D eigenvalue weighted by atomic mass is 10.3. The third-order valence-corrected chi connectivity index (χ3v) is 3.84. The van der Waals surface area contributed by atoms with Crippen molar-refractivity contribution in [3.63, 3.8) is 0 Å². The number of ether oxygens (including phenoxy) is 1. The summed E-state index contributed by atoms with van der Waals surface area (Å²) in [5.74, 6) is 0.480. The zero-order valence-electron chi connectivity index (χ0n) is 10.6. The first-order valence-corrected chi connectivity index (χ1v) is 7.08. The first-order valence-electron chi connectivity index (χ1n) is 6.26. The molecule has 1 aromatic heterocycles. The molecule has 1 heterocycles. The van der Waals surface area contributed by atoms with E-state index in [1.54, 1.807) is 18.2 Å². The zero-order valence-corrected chi connectivity index (χ0v) is 11.4. The predicted molar refractivity (Wildman–Crippen MR) is 74.1 cm³/mol. The van der Waals surface area contributed by atoms with Crippen LogP contribution in [0.5, 0.6) is 11.5 Å². The summed E-state index contributed by atoms with van der Waals surface area (Å²) < 4.78 is 5.23. The fourth-order valence-electron chi connectivity index (χ4n) is 1.66. The summed E-state index contributed by atoms with van der Waals surface area (Å²) in [5.41, 5.74) is 0. The minimum absolute atomic E-state index is 0.00670. The van der Waals surface area contributed by atoms with Gasteiger partial charge in [-0.25, -0.2) is 0 Å². The standard InChI is InChI=1S/C13H13N3O3S/c17-9-3-1-2-4-10(9)19-7-11(18)14-13-16-15-12(20-13)8-5-6-8/h1-4,8,17H,5-7H2,(H,14,16,18). The number of para-hydroxylation sites is 2. The molecular weight excluding hydrogens is 278 g/mol. The number of nitrogens with zero attached hydrogens (tertiary/aromatic N) is 2. The van der Waals surface area contributed by atoms with Crippen molar-refractivity contribution >= 4 is 22.4 Å².